The number of hydrogen-bond donors (Lipinski definition) is 1. The summed E-state index contributed by atoms with van der Waals surface area (Å²) in [6, 6.07) is 7.27. The van der Waals surface area contributed by atoms with Gasteiger partial charge in [0, 0.05) is 19.0 Å². The SMILES string of the molecule is COc1ccc(C)cc1NC(=O)[C@@H]1CCc2nn(C)c(=O)cc2C1. The first-order valence-electron chi connectivity index (χ1n) is 7.99. The molecule has 1 aliphatic rings. The number of nitrogens with zero attached hydrogens (tertiary/aromatic N) is 2. The molecule has 1 aromatic carbocycles. The number of anilines is 1. The van der Waals surface area contributed by atoms with Crippen LogP contribution in [0.4, 0.5) is 5.69 Å². The van der Waals surface area contributed by atoms with Crippen molar-refractivity contribution in [2.45, 2.75) is 26.2 Å². The van der Waals surface area contributed by atoms with Crippen LogP contribution < -0.4 is 15.6 Å². The zero-order chi connectivity index (χ0) is 17.3. The molecule has 0 fully saturated rings. The van der Waals surface area contributed by atoms with E-state index < -0.39 is 0 Å². The van der Waals surface area contributed by atoms with E-state index in [1.165, 1.54) is 4.68 Å². The van der Waals surface area contributed by atoms with Crippen molar-refractivity contribution in [2.75, 3.05) is 12.4 Å². The van der Waals surface area contributed by atoms with Crippen molar-refractivity contribution in [3.8, 4) is 5.75 Å². The number of benzene rings is 1. The van der Waals surface area contributed by atoms with Gasteiger partial charge in [0.05, 0.1) is 18.5 Å². The Balaban J connectivity index is 1.78. The maximum Gasteiger partial charge on any atom is 0.266 e. The minimum absolute atomic E-state index is 0.0507. The number of fused-ring (bicyclic) bond motifs is 1. The summed E-state index contributed by atoms with van der Waals surface area (Å²) in [5, 5.41) is 7.24. The van der Waals surface area contributed by atoms with Gasteiger partial charge in [-0.3, -0.25) is 9.59 Å². The second-order valence-electron chi connectivity index (χ2n) is 6.21. The Labute approximate surface area is 140 Å². The summed E-state index contributed by atoms with van der Waals surface area (Å²) in [5.41, 5.74) is 3.37. The van der Waals surface area contributed by atoms with Crippen LogP contribution in [0.5, 0.6) is 5.75 Å². The molecular weight excluding hydrogens is 306 g/mol. The van der Waals surface area contributed by atoms with E-state index in [-0.39, 0.29) is 17.4 Å². The summed E-state index contributed by atoms with van der Waals surface area (Å²) in [6.07, 6.45) is 1.96. The van der Waals surface area contributed by atoms with E-state index in [0.717, 1.165) is 23.2 Å². The second kappa shape index (κ2) is 6.47. The topological polar surface area (TPSA) is 73.2 Å². The van der Waals surface area contributed by atoms with E-state index in [1.807, 2.05) is 25.1 Å². The third kappa shape index (κ3) is 3.18. The zero-order valence-electron chi connectivity index (χ0n) is 14.1. The molecule has 0 aliphatic heterocycles. The number of amides is 1. The molecule has 1 aromatic heterocycles. The summed E-state index contributed by atoms with van der Waals surface area (Å²) < 4.78 is 6.65. The first-order chi connectivity index (χ1) is 11.5. The maximum absolute atomic E-state index is 12.6. The quantitative estimate of drug-likeness (QED) is 0.933. The lowest BCUT2D eigenvalue weighted by Gasteiger charge is -2.23. The lowest BCUT2D eigenvalue weighted by atomic mass is 9.86. The summed E-state index contributed by atoms with van der Waals surface area (Å²) in [7, 11) is 3.23. The zero-order valence-corrected chi connectivity index (χ0v) is 14.1. The molecule has 126 valence electrons. The molecule has 0 bridgehead atoms. The lowest BCUT2D eigenvalue weighted by molar-refractivity contribution is -0.120. The van der Waals surface area contributed by atoms with Crippen LogP contribution in [0.3, 0.4) is 0 Å². The highest BCUT2D eigenvalue weighted by Gasteiger charge is 2.26. The van der Waals surface area contributed by atoms with Crippen LogP contribution in [0.25, 0.3) is 0 Å². The maximum atomic E-state index is 12.6. The molecule has 6 nitrogen and oxygen atoms in total. The minimum atomic E-state index is -0.170. The van der Waals surface area contributed by atoms with Gasteiger partial charge >= 0.3 is 0 Å². The Morgan fingerprint density at radius 1 is 1.38 bits per heavy atom. The fourth-order valence-electron chi connectivity index (χ4n) is 3.06. The van der Waals surface area contributed by atoms with E-state index in [4.69, 9.17) is 4.74 Å². The Morgan fingerprint density at radius 3 is 2.92 bits per heavy atom. The molecule has 6 heteroatoms. The molecule has 1 N–H and O–H groups in total. The van der Waals surface area contributed by atoms with Gasteiger partial charge in [0.15, 0.2) is 0 Å². The molecule has 0 saturated heterocycles. The highest BCUT2D eigenvalue weighted by atomic mass is 16.5. The molecule has 1 amide bonds. The number of aryl methyl sites for hydroxylation is 3. The fraction of sp³-hybridized carbons (Fsp3) is 0.389. The van der Waals surface area contributed by atoms with Crippen molar-refractivity contribution in [3.05, 3.63) is 51.4 Å². The average Bonchev–Trinajstić information content (AvgIpc) is 2.55. The van der Waals surface area contributed by atoms with Gasteiger partial charge in [-0.05, 0) is 49.4 Å². The van der Waals surface area contributed by atoms with Crippen LogP contribution >= 0.6 is 0 Å². The van der Waals surface area contributed by atoms with Gasteiger partial charge in [-0.1, -0.05) is 6.07 Å². The van der Waals surface area contributed by atoms with Crippen molar-refractivity contribution < 1.29 is 9.53 Å². The van der Waals surface area contributed by atoms with Gasteiger partial charge in [-0.15, -0.1) is 0 Å². The number of ether oxygens (including phenoxy) is 1. The Kier molecular flexibility index (Phi) is 4.38. The predicted molar refractivity (Wildman–Crippen MR) is 91.4 cm³/mol. The monoisotopic (exact) mass is 327 g/mol. The highest BCUT2D eigenvalue weighted by molar-refractivity contribution is 5.94. The van der Waals surface area contributed by atoms with Crippen LogP contribution in [0.1, 0.15) is 23.2 Å². The minimum Gasteiger partial charge on any atom is -0.495 e. The first-order valence-corrected chi connectivity index (χ1v) is 7.99. The largest absolute Gasteiger partial charge is 0.495 e. The molecule has 24 heavy (non-hydrogen) atoms. The molecule has 0 saturated carbocycles. The van der Waals surface area contributed by atoms with Crippen LogP contribution in [-0.2, 0) is 24.7 Å². The number of rotatable bonds is 3. The van der Waals surface area contributed by atoms with Gasteiger partial charge in [-0.2, -0.15) is 5.10 Å². The van der Waals surface area contributed by atoms with Gasteiger partial charge in [0.2, 0.25) is 5.91 Å². The molecule has 0 radical (unpaired) electrons. The summed E-state index contributed by atoms with van der Waals surface area (Å²) in [5.74, 6) is 0.419. The molecule has 1 atom stereocenters. The first kappa shape index (κ1) is 16.2. The van der Waals surface area contributed by atoms with Crippen LogP contribution in [0, 0.1) is 12.8 Å². The molecule has 1 heterocycles. The third-order valence-corrected chi connectivity index (χ3v) is 4.44. The van der Waals surface area contributed by atoms with Crippen LogP contribution in [-0.4, -0.2) is 22.8 Å². The number of methoxy groups -OCH3 is 1. The number of aromatic nitrogens is 2. The van der Waals surface area contributed by atoms with E-state index >= 15 is 0 Å². The second-order valence-corrected chi connectivity index (χ2v) is 6.21. The summed E-state index contributed by atoms with van der Waals surface area (Å²) >= 11 is 0. The lowest BCUT2D eigenvalue weighted by Crippen LogP contribution is -2.31. The van der Waals surface area contributed by atoms with Gasteiger partial charge < -0.3 is 10.1 Å². The van der Waals surface area contributed by atoms with Crippen LogP contribution in [0.15, 0.2) is 29.1 Å². The third-order valence-electron chi connectivity index (χ3n) is 4.44. The summed E-state index contributed by atoms with van der Waals surface area (Å²) in [4.78, 5) is 24.4. The van der Waals surface area contributed by atoms with Crippen molar-refractivity contribution >= 4 is 11.6 Å². The molecule has 3 rings (SSSR count). The van der Waals surface area contributed by atoms with Crippen LogP contribution in [0.2, 0.25) is 0 Å². The molecule has 1 aliphatic carbocycles. The smallest absolute Gasteiger partial charge is 0.266 e. The number of carbonyl (C=O) groups excluding carboxylic acids is 1. The molecular formula is C18H21N3O3. The predicted octanol–water partition coefficient (Wildman–Crippen LogP) is 1.84. The molecule has 0 unspecified atom stereocenters. The number of nitrogens with one attached hydrogen (secondary N) is 1. The average molecular weight is 327 g/mol. The van der Waals surface area contributed by atoms with E-state index in [9.17, 15) is 9.59 Å². The highest BCUT2D eigenvalue weighted by Crippen LogP contribution is 2.28. The molecule has 0 spiro atoms. The van der Waals surface area contributed by atoms with E-state index in [0.29, 0.717) is 24.3 Å². The Morgan fingerprint density at radius 2 is 2.17 bits per heavy atom. The Bertz CT molecular complexity index is 842. The van der Waals surface area contributed by atoms with Gasteiger partial charge in [0.25, 0.3) is 5.56 Å². The van der Waals surface area contributed by atoms with Crippen molar-refractivity contribution in [1.82, 2.24) is 9.78 Å². The summed E-state index contributed by atoms with van der Waals surface area (Å²) in [6.45, 7) is 1.97. The molecule has 2 aromatic rings. The van der Waals surface area contributed by atoms with Crippen molar-refractivity contribution in [1.29, 1.82) is 0 Å². The van der Waals surface area contributed by atoms with Gasteiger partial charge in [0.1, 0.15) is 5.75 Å². The number of hydrogen-bond acceptors (Lipinski definition) is 4. The van der Waals surface area contributed by atoms with E-state index in [1.54, 1.807) is 20.2 Å². The normalized spacial score (nSPS) is 16.4. The van der Waals surface area contributed by atoms with Gasteiger partial charge in [-0.25, -0.2) is 4.68 Å². The van der Waals surface area contributed by atoms with E-state index in [2.05, 4.69) is 10.4 Å². The van der Waals surface area contributed by atoms with Crippen molar-refractivity contribution in [2.24, 2.45) is 13.0 Å². The fourth-order valence-corrected chi connectivity index (χ4v) is 3.06. The number of carbonyl (C=O) groups is 1. The van der Waals surface area contributed by atoms with Crippen molar-refractivity contribution in [3.63, 3.8) is 0 Å². The Hall–Kier alpha value is -2.63. The standard InChI is InChI=1S/C18H21N3O3/c1-11-4-7-16(24-3)15(8-11)19-18(23)12-5-6-14-13(9-12)10-17(22)21(2)20-14/h4,7-8,10,12H,5-6,9H2,1-3H3,(H,19,23)/t12-/m1/s1.